The molecule has 1 aliphatic rings. The van der Waals surface area contributed by atoms with E-state index in [9.17, 15) is 13.2 Å². The molecule has 0 spiro atoms. The van der Waals surface area contributed by atoms with Gasteiger partial charge in [-0.1, -0.05) is 42.0 Å². The third kappa shape index (κ3) is 5.02. The molecule has 3 aromatic rings. The third-order valence-corrected chi connectivity index (χ3v) is 7.43. The highest BCUT2D eigenvalue weighted by Crippen LogP contribution is 2.37. The predicted molar refractivity (Wildman–Crippen MR) is 131 cm³/mol. The first-order valence-corrected chi connectivity index (χ1v) is 12.5. The van der Waals surface area contributed by atoms with Crippen molar-refractivity contribution in [2.24, 2.45) is 0 Å². The molecule has 178 valence electrons. The number of hydrogen-bond acceptors (Lipinski definition) is 5. The molecule has 0 radical (unpaired) electrons. The number of rotatable bonds is 7. The van der Waals surface area contributed by atoms with Gasteiger partial charge in [0.05, 0.1) is 23.7 Å². The van der Waals surface area contributed by atoms with Gasteiger partial charge in [0.25, 0.3) is 15.9 Å². The van der Waals surface area contributed by atoms with Gasteiger partial charge in [0.1, 0.15) is 18.1 Å². The molecule has 1 amide bonds. The largest absolute Gasteiger partial charge is 0.491 e. The topological polar surface area (TPSA) is 84.9 Å². The van der Waals surface area contributed by atoms with Gasteiger partial charge < -0.3 is 14.8 Å². The number of nitrogens with one attached hydrogen (secondary N) is 1. The van der Waals surface area contributed by atoms with E-state index in [-0.39, 0.29) is 24.6 Å². The van der Waals surface area contributed by atoms with Crippen LogP contribution in [-0.4, -0.2) is 40.1 Å². The lowest BCUT2D eigenvalue weighted by Gasteiger charge is -2.35. The zero-order chi connectivity index (χ0) is 24.3. The van der Waals surface area contributed by atoms with Crippen molar-refractivity contribution in [3.8, 4) is 11.5 Å². The van der Waals surface area contributed by atoms with Gasteiger partial charge in [-0.15, -0.1) is 0 Å². The van der Waals surface area contributed by atoms with Gasteiger partial charge in [-0.05, 0) is 62.2 Å². The highest BCUT2D eigenvalue weighted by molar-refractivity contribution is 7.92. The first-order valence-electron chi connectivity index (χ1n) is 11.1. The number of sulfonamides is 1. The average Bonchev–Trinajstić information content (AvgIpc) is 2.82. The highest BCUT2D eigenvalue weighted by Gasteiger charge is 2.37. The first kappa shape index (κ1) is 23.6. The Balaban J connectivity index is 1.50. The zero-order valence-corrected chi connectivity index (χ0v) is 20.3. The summed E-state index contributed by atoms with van der Waals surface area (Å²) in [6.07, 6.45) is -0.993. The van der Waals surface area contributed by atoms with Crippen LogP contribution in [0.25, 0.3) is 0 Å². The number of nitrogens with zero attached hydrogens (tertiary/aromatic N) is 1. The van der Waals surface area contributed by atoms with Crippen molar-refractivity contribution in [2.45, 2.75) is 31.8 Å². The number of ether oxygens (including phenoxy) is 2. The van der Waals surface area contributed by atoms with Crippen LogP contribution in [0.15, 0.2) is 71.6 Å². The second-order valence-corrected chi connectivity index (χ2v) is 10.2. The van der Waals surface area contributed by atoms with E-state index in [1.807, 2.05) is 51.1 Å². The molecule has 34 heavy (non-hydrogen) atoms. The highest BCUT2D eigenvalue weighted by atomic mass is 32.2. The van der Waals surface area contributed by atoms with E-state index in [4.69, 9.17) is 9.47 Å². The predicted octanol–water partition coefficient (Wildman–Crippen LogP) is 3.76. The summed E-state index contributed by atoms with van der Waals surface area (Å²) in [5.41, 5.74) is 3.28. The Labute approximate surface area is 200 Å². The Morgan fingerprint density at radius 1 is 1.03 bits per heavy atom. The van der Waals surface area contributed by atoms with Gasteiger partial charge in [0, 0.05) is 0 Å². The zero-order valence-electron chi connectivity index (χ0n) is 19.4. The monoisotopic (exact) mass is 480 g/mol. The lowest BCUT2D eigenvalue weighted by Crippen LogP contribution is -2.51. The number of hydrogen-bond donors (Lipinski definition) is 1. The molecule has 0 saturated carbocycles. The summed E-state index contributed by atoms with van der Waals surface area (Å²) in [5, 5.41) is 2.80. The normalized spacial score (nSPS) is 15.3. The maximum absolute atomic E-state index is 13.5. The van der Waals surface area contributed by atoms with Gasteiger partial charge in [0.2, 0.25) is 0 Å². The Morgan fingerprint density at radius 3 is 2.47 bits per heavy atom. The van der Waals surface area contributed by atoms with Crippen LogP contribution in [0.2, 0.25) is 0 Å². The summed E-state index contributed by atoms with van der Waals surface area (Å²) in [4.78, 5) is 13.1. The summed E-state index contributed by atoms with van der Waals surface area (Å²) >= 11 is 0. The lowest BCUT2D eigenvalue weighted by atomic mass is 10.1. The molecule has 1 aliphatic heterocycles. The van der Waals surface area contributed by atoms with Crippen molar-refractivity contribution in [3.63, 3.8) is 0 Å². The second-order valence-electron chi connectivity index (χ2n) is 8.33. The van der Waals surface area contributed by atoms with Crippen LogP contribution in [0.4, 0.5) is 5.69 Å². The van der Waals surface area contributed by atoms with Crippen LogP contribution in [0.1, 0.15) is 16.7 Å². The Morgan fingerprint density at radius 2 is 1.74 bits per heavy atom. The number of carbonyl (C=O) groups excluding carboxylic acids is 1. The average molecular weight is 481 g/mol. The Kier molecular flexibility index (Phi) is 6.79. The van der Waals surface area contributed by atoms with E-state index in [2.05, 4.69) is 5.32 Å². The Bertz CT molecular complexity index is 1290. The van der Waals surface area contributed by atoms with Crippen molar-refractivity contribution < 1.29 is 22.7 Å². The van der Waals surface area contributed by atoms with E-state index in [1.165, 1.54) is 4.31 Å². The van der Waals surface area contributed by atoms with Crippen LogP contribution < -0.4 is 19.1 Å². The van der Waals surface area contributed by atoms with Gasteiger partial charge in [-0.25, -0.2) is 8.42 Å². The molecule has 3 aromatic carbocycles. The van der Waals surface area contributed by atoms with Crippen molar-refractivity contribution in [2.75, 3.05) is 24.0 Å². The number of benzene rings is 3. The molecule has 0 aliphatic carbocycles. The fourth-order valence-electron chi connectivity index (χ4n) is 3.73. The van der Waals surface area contributed by atoms with Crippen LogP contribution in [0.5, 0.6) is 11.5 Å². The molecule has 7 nitrogen and oxygen atoms in total. The van der Waals surface area contributed by atoms with Crippen molar-refractivity contribution in [1.29, 1.82) is 0 Å². The minimum atomic E-state index is -3.89. The smallest absolute Gasteiger partial charge is 0.264 e. The van der Waals surface area contributed by atoms with Crippen LogP contribution >= 0.6 is 0 Å². The number of carbonyl (C=O) groups is 1. The second kappa shape index (κ2) is 9.77. The number of amides is 1. The quantitative estimate of drug-likeness (QED) is 0.521. The maximum atomic E-state index is 13.5. The number of anilines is 1. The number of aryl methyl sites for hydroxylation is 3. The lowest BCUT2D eigenvalue weighted by molar-refractivity contribution is -0.127. The molecule has 1 unspecified atom stereocenters. The van der Waals surface area contributed by atoms with E-state index < -0.39 is 22.0 Å². The van der Waals surface area contributed by atoms with Gasteiger partial charge in [-0.2, -0.15) is 0 Å². The van der Waals surface area contributed by atoms with E-state index in [0.717, 1.165) is 22.4 Å². The van der Waals surface area contributed by atoms with E-state index in [0.29, 0.717) is 11.4 Å². The molecule has 8 heteroatoms. The van der Waals surface area contributed by atoms with Gasteiger partial charge >= 0.3 is 0 Å². The van der Waals surface area contributed by atoms with E-state index in [1.54, 1.807) is 36.4 Å². The fourth-order valence-corrected chi connectivity index (χ4v) is 5.21. The first-order chi connectivity index (χ1) is 16.3. The van der Waals surface area contributed by atoms with Gasteiger partial charge in [-0.3, -0.25) is 9.10 Å². The molecule has 1 heterocycles. The van der Waals surface area contributed by atoms with Crippen LogP contribution in [0.3, 0.4) is 0 Å². The molecule has 1 N–H and O–H groups in total. The fraction of sp³-hybridized carbons (Fsp3) is 0.269. The minimum Gasteiger partial charge on any atom is -0.491 e. The summed E-state index contributed by atoms with van der Waals surface area (Å²) in [6, 6.07) is 19.6. The van der Waals surface area contributed by atoms with Crippen molar-refractivity contribution in [3.05, 3.63) is 83.4 Å². The third-order valence-electron chi connectivity index (χ3n) is 5.64. The molecule has 1 atom stereocenters. The maximum Gasteiger partial charge on any atom is 0.264 e. The molecule has 4 rings (SSSR count). The summed E-state index contributed by atoms with van der Waals surface area (Å²) < 4.78 is 39.9. The Hall–Kier alpha value is -3.52. The minimum absolute atomic E-state index is 0.128. The van der Waals surface area contributed by atoms with Crippen molar-refractivity contribution in [1.82, 2.24) is 5.32 Å². The molecule has 0 bridgehead atoms. The van der Waals surface area contributed by atoms with Crippen LogP contribution in [0, 0.1) is 20.8 Å². The molecular formula is C26H28N2O5S. The summed E-state index contributed by atoms with van der Waals surface area (Å²) in [7, 11) is -3.89. The van der Waals surface area contributed by atoms with Crippen LogP contribution in [-0.2, 0) is 14.8 Å². The molecule has 0 saturated heterocycles. The molecule has 0 fully saturated rings. The number of fused-ring (bicyclic) bond motifs is 1. The van der Waals surface area contributed by atoms with E-state index >= 15 is 0 Å². The van der Waals surface area contributed by atoms with Crippen molar-refractivity contribution >= 4 is 21.6 Å². The SMILES string of the molecule is Cc1ccc(S(=O)(=O)N2CC(C(=O)NCCOc3ccccc3C)Oc3cc(C)ccc32)cc1. The summed E-state index contributed by atoms with van der Waals surface area (Å²) in [6.45, 7) is 6.15. The molecular weight excluding hydrogens is 452 g/mol. The summed E-state index contributed by atoms with van der Waals surface area (Å²) in [5.74, 6) is 0.716. The van der Waals surface area contributed by atoms with Gasteiger partial charge in [0.15, 0.2) is 6.10 Å². The standard InChI is InChI=1S/C26H28N2O5S/c1-18-8-11-21(12-9-18)34(30,31)28-17-25(33-24-16-19(2)10-13-22(24)28)26(29)27-14-15-32-23-7-5-4-6-20(23)3/h4-13,16,25H,14-15,17H2,1-3H3,(H,27,29). The molecule has 0 aromatic heterocycles. The number of para-hydroxylation sites is 1.